The topological polar surface area (TPSA) is 30.5 Å². The highest BCUT2D eigenvalue weighted by atomic mass is 16.5. The van der Waals surface area contributed by atoms with Crippen LogP contribution in [0.3, 0.4) is 0 Å². The summed E-state index contributed by atoms with van der Waals surface area (Å²) in [7, 11) is 3.47. The minimum Gasteiger partial charge on any atom is -0.496 e. The van der Waals surface area contributed by atoms with Gasteiger partial charge in [0, 0.05) is 24.8 Å². The Bertz CT molecular complexity index is 390. The number of hydrogen-bond acceptors (Lipinski definition) is 3. The Morgan fingerprint density at radius 2 is 1.79 bits per heavy atom. The Kier molecular flexibility index (Phi) is 5.83. The van der Waals surface area contributed by atoms with Crippen molar-refractivity contribution < 1.29 is 9.47 Å². The van der Waals surface area contributed by atoms with E-state index in [1.165, 1.54) is 5.56 Å². The van der Waals surface area contributed by atoms with Crippen molar-refractivity contribution >= 4 is 0 Å². The molecule has 3 heteroatoms. The Morgan fingerprint density at radius 1 is 1.16 bits per heavy atom. The second kappa shape index (κ2) is 6.92. The smallest absolute Gasteiger partial charge is 0.123 e. The summed E-state index contributed by atoms with van der Waals surface area (Å²) in [5.74, 6) is 0.931. The second-order valence-electron chi connectivity index (χ2n) is 5.70. The first-order valence-electron chi connectivity index (χ1n) is 6.83. The maximum absolute atomic E-state index is 5.48. The predicted molar refractivity (Wildman–Crippen MR) is 79.7 cm³/mol. The van der Waals surface area contributed by atoms with Gasteiger partial charge in [0.05, 0.1) is 12.7 Å². The molecule has 0 amide bonds. The highest BCUT2D eigenvalue weighted by Gasteiger charge is 2.22. The lowest BCUT2D eigenvalue weighted by Crippen LogP contribution is -2.37. The van der Waals surface area contributed by atoms with E-state index in [-0.39, 0.29) is 11.6 Å². The Balaban J connectivity index is 2.66. The first-order valence-corrected chi connectivity index (χ1v) is 6.83. The van der Waals surface area contributed by atoms with E-state index in [0.29, 0.717) is 6.04 Å². The molecule has 3 nitrogen and oxygen atoms in total. The Morgan fingerprint density at radius 3 is 2.37 bits per heavy atom. The van der Waals surface area contributed by atoms with Crippen molar-refractivity contribution in [1.82, 2.24) is 5.32 Å². The van der Waals surface area contributed by atoms with Crippen molar-refractivity contribution in [2.45, 2.75) is 51.8 Å². The molecule has 2 atom stereocenters. The number of para-hydroxylation sites is 1. The molecule has 0 aliphatic heterocycles. The number of ether oxygens (including phenoxy) is 2. The van der Waals surface area contributed by atoms with Crippen LogP contribution in [0, 0.1) is 0 Å². The van der Waals surface area contributed by atoms with E-state index in [1.807, 2.05) is 18.2 Å². The van der Waals surface area contributed by atoms with Gasteiger partial charge in [-0.2, -0.15) is 0 Å². The molecule has 1 unspecified atom stereocenters. The van der Waals surface area contributed by atoms with Gasteiger partial charge in [0.25, 0.3) is 0 Å². The number of hydrogen-bond donors (Lipinski definition) is 1. The van der Waals surface area contributed by atoms with E-state index >= 15 is 0 Å². The minimum atomic E-state index is -0.104. The lowest BCUT2D eigenvalue weighted by Gasteiger charge is -2.29. The fraction of sp³-hybridized carbons (Fsp3) is 0.625. The fourth-order valence-corrected chi connectivity index (χ4v) is 2.42. The summed E-state index contributed by atoms with van der Waals surface area (Å²) in [6.07, 6.45) is 0.961. The summed E-state index contributed by atoms with van der Waals surface area (Å²) in [5.41, 5.74) is 1.08. The molecule has 0 spiro atoms. The van der Waals surface area contributed by atoms with E-state index in [0.717, 1.165) is 12.2 Å². The SMILES string of the molecule is COc1ccccc1[C@@H](C)NC(C)CC(C)(C)OC. The number of methoxy groups -OCH3 is 2. The lowest BCUT2D eigenvalue weighted by molar-refractivity contribution is 0.00781. The zero-order valence-corrected chi connectivity index (χ0v) is 13.0. The Labute approximate surface area is 117 Å². The molecule has 0 aliphatic carbocycles. The van der Waals surface area contributed by atoms with E-state index in [4.69, 9.17) is 9.47 Å². The van der Waals surface area contributed by atoms with Crippen molar-refractivity contribution in [3.63, 3.8) is 0 Å². The van der Waals surface area contributed by atoms with Crippen molar-refractivity contribution in [1.29, 1.82) is 0 Å². The fourth-order valence-electron chi connectivity index (χ4n) is 2.42. The van der Waals surface area contributed by atoms with Gasteiger partial charge in [0.15, 0.2) is 0 Å². The van der Waals surface area contributed by atoms with Crippen LogP contribution in [0.5, 0.6) is 5.75 Å². The molecule has 0 saturated carbocycles. The molecule has 19 heavy (non-hydrogen) atoms. The van der Waals surface area contributed by atoms with Gasteiger partial charge in [-0.05, 0) is 40.2 Å². The second-order valence-corrected chi connectivity index (χ2v) is 5.70. The van der Waals surface area contributed by atoms with E-state index in [1.54, 1.807) is 14.2 Å². The van der Waals surface area contributed by atoms with Crippen molar-refractivity contribution in [2.75, 3.05) is 14.2 Å². The first-order chi connectivity index (χ1) is 8.89. The minimum absolute atomic E-state index is 0.104. The maximum Gasteiger partial charge on any atom is 0.123 e. The molecule has 1 aromatic carbocycles. The van der Waals surface area contributed by atoms with Gasteiger partial charge < -0.3 is 14.8 Å². The van der Waals surface area contributed by atoms with Gasteiger partial charge in [0.1, 0.15) is 5.75 Å². The van der Waals surface area contributed by atoms with E-state index < -0.39 is 0 Å². The van der Waals surface area contributed by atoms with E-state index in [9.17, 15) is 0 Å². The third-order valence-corrected chi connectivity index (χ3v) is 3.49. The standard InChI is InChI=1S/C16H27NO2/c1-12(11-16(3,4)19-6)17-13(2)14-9-7-8-10-15(14)18-5/h7-10,12-13,17H,11H2,1-6H3/t12?,13-/m1/s1. The zero-order valence-electron chi connectivity index (χ0n) is 13.0. The molecular weight excluding hydrogens is 238 g/mol. The van der Waals surface area contributed by atoms with Crippen LogP contribution in [0.2, 0.25) is 0 Å². The van der Waals surface area contributed by atoms with Gasteiger partial charge in [-0.3, -0.25) is 0 Å². The van der Waals surface area contributed by atoms with Crippen LogP contribution >= 0.6 is 0 Å². The van der Waals surface area contributed by atoms with Crippen LogP contribution in [-0.4, -0.2) is 25.9 Å². The van der Waals surface area contributed by atoms with Gasteiger partial charge in [-0.25, -0.2) is 0 Å². The molecule has 0 fully saturated rings. The molecule has 1 aromatic rings. The number of rotatable bonds is 7. The van der Waals surface area contributed by atoms with Crippen LogP contribution in [0.25, 0.3) is 0 Å². The summed E-state index contributed by atoms with van der Waals surface area (Å²) < 4.78 is 10.9. The van der Waals surface area contributed by atoms with Crippen LogP contribution in [0.15, 0.2) is 24.3 Å². The largest absolute Gasteiger partial charge is 0.496 e. The van der Waals surface area contributed by atoms with Gasteiger partial charge in [0.2, 0.25) is 0 Å². The molecule has 0 bridgehead atoms. The average Bonchev–Trinajstić information content (AvgIpc) is 2.37. The normalized spacial score (nSPS) is 15.1. The molecule has 0 heterocycles. The lowest BCUT2D eigenvalue weighted by atomic mass is 9.98. The maximum atomic E-state index is 5.48. The van der Waals surface area contributed by atoms with E-state index in [2.05, 4.69) is 39.1 Å². The molecule has 1 N–H and O–H groups in total. The summed E-state index contributed by atoms with van der Waals surface area (Å²) in [5, 5.41) is 3.60. The quantitative estimate of drug-likeness (QED) is 0.818. The van der Waals surface area contributed by atoms with Crippen molar-refractivity contribution in [3.05, 3.63) is 29.8 Å². The monoisotopic (exact) mass is 265 g/mol. The van der Waals surface area contributed by atoms with Crippen molar-refractivity contribution in [2.24, 2.45) is 0 Å². The summed E-state index contributed by atoms with van der Waals surface area (Å²) in [6.45, 7) is 8.57. The summed E-state index contributed by atoms with van der Waals surface area (Å²) in [4.78, 5) is 0. The molecule has 0 aromatic heterocycles. The van der Waals surface area contributed by atoms with Gasteiger partial charge in [-0.15, -0.1) is 0 Å². The molecule has 0 saturated heterocycles. The van der Waals surface area contributed by atoms with Gasteiger partial charge >= 0.3 is 0 Å². The predicted octanol–water partition coefficient (Wildman–Crippen LogP) is 3.55. The van der Waals surface area contributed by atoms with Crippen LogP contribution in [0.4, 0.5) is 0 Å². The summed E-state index contributed by atoms with van der Waals surface area (Å²) in [6, 6.07) is 8.75. The molecule has 0 aliphatic rings. The highest BCUT2D eigenvalue weighted by Crippen LogP contribution is 2.25. The molecule has 0 radical (unpaired) electrons. The van der Waals surface area contributed by atoms with Crippen molar-refractivity contribution in [3.8, 4) is 5.75 Å². The van der Waals surface area contributed by atoms with Crippen LogP contribution in [0.1, 0.15) is 45.7 Å². The number of nitrogens with one attached hydrogen (secondary N) is 1. The molecular formula is C16H27NO2. The van der Waals surface area contributed by atoms with Crippen LogP contribution in [-0.2, 0) is 4.74 Å². The highest BCUT2D eigenvalue weighted by molar-refractivity contribution is 5.35. The van der Waals surface area contributed by atoms with Gasteiger partial charge in [-0.1, -0.05) is 18.2 Å². The molecule has 1 rings (SSSR count). The zero-order chi connectivity index (χ0) is 14.5. The number of benzene rings is 1. The Hall–Kier alpha value is -1.06. The first kappa shape index (κ1) is 16.0. The van der Waals surface area contributed by atoms with Crippen LogP contribution < -0.4 is 10.1 Å². The third kappa shape index (κ3) is 4.84. The average molecular weight is 265 g/mol. The summed E-state index contributed by atoms with van der Waals surface area (Å²) >= 11 is 0. The molecule has 108 valence electrons. The third-order valence-electron chi connectivity index (χ3n) is 3.49.